The van der Waals surface area contributed by atoms with Crippen LogP contribution in [0.3, 0.4) is 0 Å². The molecule has 0 saturated carbocycles. The molecule has 4 heterocycles. The van der Waals surface area contributed by atoms with Gasteiger partial charge in [0.2, 0.25) is 5.78 Å². The number of methoxy groups -OCH3 is 5. The maximum atomic E-state index is 15.2. The second-order valence-corrected chi connectivity index (χ2v) is 22.2. The third kappa shape index (κ3) is 13.7. The number of hydrogen-bond acceptors (Lipinski definition) is 25. The summed E-state index contributed by atoms with van der Waals surface area (Å²) >= 11 is 1.48. The summed E-state index contributed by atoms with van der Waals surface area (Å²) in [5, 5.41) is 56.0. The molecular weight excluding hydrogens is 1110 g/mol. The number of allylic oxidation sites excluding steroid dienone is 1. The number of alkyl carbamates (subject to hydrolysis) is 1. The molecule has 83 heavy (non-hydrogen) atoms. The molecule has 26 nitrogen and oxygen atoms in total. The molecule has 4 saturated heterocycles. The summed E-state index contributed by atoms with van der Waals surface area (Å²) < 4.78 is 77.3. The fourth-order valence-electron chi connectivity index (χ4n) is 11.2. The molecular formula is C56H76N4O22S. The molecule has 1 aromatic rings. The van der Waals surface area contributed by atoms with Crippen molar-refractivity contribution >= 4 is 41.2 Å². The molecule has 27 heteroatoms. The first-order valence-corrected chi connectivity index (χ1v) is 28.5. The van der Waals surface area contributed by atoms with Crippen LogP contribution in [0.5, 0.6) is 11.5 Å². The van der Waals surface area contributed by atoms with Crippen LogP contribution in [0.4, 0.5) is 10.5 Å². The van der Waals surface area contributed by atoms with Crippen LogP contribution < -0.4 is 30.9 Å². The van der Waals surface area contributed by atoms with Gasteiger partial charge in [-0.3, -0.25) is 19.7 Å². The zero-order valence-corrected chi connectivity index (χ0v) is 48.8. The third-order valence-electron chi connectivity index (χ3n) is 15.4. The van der Waals surface area contributed by atoms with Gasteiger partial charge in [-0.05, 0) is 33.1 Å². The highest BCUT2D eigenvalue weighted by Crippen LogP contribution is 2.49. The molecule has 8 N–H and O–H groups in total. The maximum absolute atomic E-state index is 15.2. The second-order valence-electron chi connectivity index (χ2n) is 21.2. The number of esters is 1. The Hall–Kier alpha value is -5.23. The van der Waals surface area contributed by atoms with Gasteiger partial charge in [0.25, 0.3) is 5.91 Å². The Morgan fingerprint density at radius 1 is 0.855 bits per heavy atom. The number of aliphatic hydroxyl groups is 4. The summed E-state index contributed by atoms with van der Waals surface area (Å²) in [7, 11) is 6.59. The Morgan fingerprint density at radius 2 is 1.57 bits per heavy atom. The Kier molecular flexibility index (Phi) is 21.1. The van der Waals surface area contributed by atoms with Crippen LogP contribution in [0.2, 0.25) is 0 Å². The average molecular weight is 1190 g/mol. The van der Waals surface area contributed by atoms with Crippen LogP contribution in [0.25, 0.3) is 0 Å². The molecule has 1 aromatic carbocycles. The van der Waals surface area contributed by atoms with E-state index in [4.69, 9.17) is 66.4 Å². The molecule has 0 aromatic heterocycles. The number of hydrogen-bond donors (Lipinski definition) is 8. The highest BCUT2D eigenvalue weighted by atomic mass is 32.2. The minimum absolute atomic E-state index is 0.00363. The molecule has 2 bridgehead atoms. The van der Waals surface area contributed by atoms with E-state index in [1.54, 1.807) is 26.2 Å². The molecule has 7 aliphatic rings. The summed E-state index contributed by atoms with van der Waals surface area (Å²) in [5.41, 5.74) is -0.357. The average Bonchev–Trinajstić information content (AvgIpc) is 1.89. The molecule has 17 unspecified atom stereocenters. The van der Waals surface area contributed by atoms with Crippen LogP contribution in [0.15, 0.2) is 59.5 Å². The number of carbonyl (C=O) groups excluding carboxylic acids is 4. The number of rotatable bonds is 21. The van der Waals surface area contributed by atoms with Crippen LogP contribution >= 0.6 is 11.8 Å². The standard InChI is InChI=1S/C56H76N4O22S/c1-24(2)57-33-23-74-39(21-35(33)70-8)79-49-46(63)43(60-82-41-20-34(61)50(83-12)27(5)76-41)25(3)77-54(49)81-48-29-15-13-14-16-56(68)31(17-29)42(48)44(59-55(67)73-11)47(64)51(56)80-40-22-38(45(62)26(4)75-40)78-53(66)30-18-36(71-9)37(72-10)19-32(30)58-52(65)28(6)69-7/h13,15,17-19,24-27,29,33-35,38-41,43,45-46,48-51,54,57,60-63,68H,6,20-23H2,1-5,7-12H3,(H,58,65)(H,59,67)/b15-13-/t25?,26?,27?,29?,33?,34?,35?,38?,39?,40?,41?,43?,45?,46?,48-,49?,50?,51-,54?,56+/m0/s1. The van der Waals surface area contributed by atoms with E-state index in [1.807, 2.05) is 27.0 Å². The molecule has 4 fully saturated rings. The van der Waals surface area contributed by atoms with Gasteiger partial charge in [0.15, 0.2) is 54.1 Å². The molecule has 458 valence electrons. The predicted octanol–water partition coefficient (Wildman–Crippen LogP) is 1.38. The van der Waals surface area contributed by atoms with Gasteiger partial charge in [0, 0.05) is 61.6 Å². The van der Waals surface area contributed by atoms with E-state index < -0.39 is 134 Å². The minimum atomic E-state index is -2.50. The molecule has 4 aliphatic heterocycles. The number of amides is 2. The molecule has 20 atom stereocenters. The lowest BCUT2D eigenvalue weighted by molar-refractivity contribution is -0.339. The lowest BCUT2D eigenvalue weighted by Gasteiger charge is -2.47. The number of benzene rings is 1. The fraction of sp³-hybridized carbons (Fsp3) is 0.643. The summed E-state index contributed by atoms with van der Waals surface area (Å²) in [4.78, 5) is 61.5. The molecule has 8 rings (SSSR count). The van der Waals surface area contributed by atoms with Crippen LogP contribution in [0.1, 0.15) is 64.2 Å². The fourth-order valence-corrected chi connectivity index (χ4v) is 12.0. The van der Waals surface area contributed by atoms with Crippen LogP contribution in [0, 0.1) is 17.8 Å². The van der Waals surface area contributed by atoms with Gasteiger partial charge in [-0.1, -0.05) is 44.4 Å². The van der Waals surface area contributed by atoms with Gasteiger partial charge >= 0.3 is 12.1 Å². The zero-order chi connectivity index (χ0) is 60.2. The number of aliphatic hydroxyl groups excluding tert-OH is 3. The van der Waals surface area contributed by atoms with Crippen molar-refractivity contribution in [3.05, 3.63) is 65.1 Å². The topological polar surface area (TPSA) is 327 Å². The van der Waals surface area contributed by atoms with Gasteiger partial charge < -0.3 is 92.6 Å². The Labute approximate surface area is 485 Å². The van der Waals surface area contributed by atoms with E-state index in [1.165, 1.54) is 58.2 Å². The van der Waals surface area contributed by atoms with Crippen molar-refractivity contribution in [1.29, 1.82) is 0 Å². The first-order chi connectivity index (χ1) is 39.6. The SMILES string of the molecule is C=C(OC)C(=O)Nc1cc(OC)c(OC)cc1C(=O)OC1CC(O[C@H]2C(=O)C(NC(=O)OC)=C3C4=CC(/C=C\C#C[C@@]42O)[C@@H]3OC2OC(C)C(NOC3CC(O)C(SC)C(C)O3)C(O)C2OC2CC(OC)C(NC(C)C)CO2)OC(C)C1O. The van der Waals surface area contributed by atoms with Crippen molar-refractivity contribution < 1.29 is 106 Å². The molecule has 0 spiro atoms. The lowest BCUT2D eigenvalue weighted by atomic mass is 9.76. The Morgan fingerprint density at radius 3 is 2.23 bits per heavy atom. The van der Waals surface area contributed by atoms with Gasteiger partial charge in [0.1, 0.15) is 24.4 Å². The number of ether oxygens (including phenoxy) is 13. The van der Waals surface area contributed by atoms with E-state index in [9.17, 15) is 34.8 Å². The number of carbonyl (C=O) groups is 4. The molecule has 3 aliphatic carbocycles. The third-order valence-corrected chi connectivity index (χ3v) is 16.7. The summed E-state index contributed by atoms with van der Waals surface area (Å²) in [6, 6.07) is 1.49. The van der Waals surface area contributed by atoms with Crippen molar-refractivity contribution in [2.75, 3.05) is 53.7 Å². The largest absolute Gasteiger partial charge is 0.493 e. The smallest absolute Gasteiger partial charge is 0.411 e. The molecule has 2 amide bonds. The van der Waals surface area contributed by atoms with Crippen molar-refractivity contribution in [1.82, 2.24) is 16.1 Å². The van der Waals surface area contributed by atoms with E-state index in [0.717, 1.165) is 7.11 Å². The van der Waals surface area contributed by atoms with Crippen molar-refractivity contribution in [3.63, 3.8) is 0 Å². The number of fused-ring (bicyclic) bond motifs is 1. The van der Waals surface area contributed by atoms with Gasteiger partial charge in [-0.15, -0.1) is 0 Å². The maximum Gasteiger partial charge on any atom is 0.411 e. The second kappa shape index (κ2) is 27.4. The van der Waals surface area contributed by atoms with Crippen LogP contribution in [-0.4, -0.2) is 214 Å². The summed E-state index contributed by atoms with van der Waals surface area (Å²) in [6.45, 7) is 12.7. The highest BCUT2D eigenvalue weighted by molar-refractivity contribution is 7.99. The first-order valence-electron chi connectivity index (χ1n) is 27.2. The number of ketones is 1. The number of nitrogens with one attached hydrogen (secondary N) is 4. The van der Waals surface area contributed by atoms with E-state index >= 15 is 4.79 Å². The normalized spacial score (nSPS) is 37.0. The summed E-state index contributed by atoms with van der Waals surface area (Å²) in [6.07, 6.45) is -11.9. The van der Waals surface area contributed by atoms with E-state index in [-0.39, 0.29) is 88.6 Å². The first kappa shape index (κ1) is 63.8. The predicted molar refractivity (Wildman–Crippen MR) is 292 cm³/mol. The van der Waals surface area contributed by atoms with E-state index in [2.05, 4.69) is 39.9 Å². The number of hydroxylamine groups is 1. The van der Waals surface area contributed by atoms with Gasteiger partial charge in [-0.2, -0.15) is 17.2 Å². The monoisotopic (exact) mass is 1190 g/mol. The minimum Gasteiger partial charge on any atom is -0.493 e. The molecule has 0 radical (unpaired) electrons. The van der Waals surface area contributed by atoms with Gasteiger partial charge in [-0.25, -0.2) is 9.59 Å². The van der Waals surface area contributed by atoms with Crippen molar-refractivity contribution in [3.8, 4) is 23.3 Å². The number of Topliss-reactive ketones (excluding diaryl/α,β-unsaturated/α-hetero) is 1. The summed E-state index contributed by atoms with van der Waals surface area (Å²) in [5.74, 6) is 1.85. The highest BCUT2D eigenvalue weighted by Gasteiger charge is 2.59. The van der Waals surface area contributed by atoms with Crippen molar-refractivity contribution in [2.24, 2.45) is 5.92 Å². The number of thioether (sulfide) groups is 1. The zero-order valence-electron chi connectivity index (χ0n) is 48.0. The van der Waals surface area contributed by atoms with Crippen molar-refractivity contribution in [2.45, 2.75) is 175 Å². The van der Waals surface area contributed by atoms with Gasteiger partial charge in [0.05, 0.1) is 106 Å². The number of anilines is 1. The van der Waals surface area contributed by atoms with Crippen LogP contribution in [-0.2, 0) is 66.5 Å². The van der Waals surface area contributed by atoms with E-state index in [0.29, 0.717) is 0 Å². The Balaban J connectivity index is 1.08. The quantitative estimate of drug-likeness (QED) is 0.0283. The Bertz CT molecular complexity index is 2700. The lowest BCUT2D eigenvalue weighted by Crippen LogP contribution is -2.65.